The minimum atomic E-state index is -0.0429. The summed E-state index contributed by atoms with van der Waals surface area (Å²) in [5.41, 5.74) is 6.94. The summed E-state index contributed by atoms with van der Waals surface area (Å²) in [7, 11) is 0. The lowest BCUT2D eigenvalue weighted by molar-refractivity contribution is -0.124. The lowest BCUT2D eigenvalue weighted by atomic mass is 10.0. The molecule has 1 aliphatic heterocycles. The van der Waals surface area contributed by atoms with Crippen LogP contribution >= 0.6 is 15.9 Å². The summed E-state index contributed by atoms with van der Waals surface area (Å²) in [6.45, 7) is 5.03. The average Bonchev–Trinajstić information content (AvgIpc) is 2.47. The third-order valence-corrected chi connectivity index (χ3v) is 4.39. The first-order chi connectivity index (χ1) is 10.4. The van der Waals surface area contributed by atoms with Crippen LogP contribution in [-0.2, 0) is 4.79 Å². The quantitative estimate of drug-likeness (QED) is 0.805. The van der Waals surface area contributed by atoms with Crippen LogP contribution in [0.4, 0.5) is 5.69 Å². The number of anilines is 1. The van der Waals surface area contributed by atoms with E-state index in [1.165, 1.54) is 0 Å². The molecule has 0 radical (unpaired) electrons. The third-order valence-electron chi connectivity index (χ3n) is 3.90. The molecule has 22 heavy (non-hydrogen) atoms. The second kappa shape index (κ2) is 7.13. The van der Waals surface area contributed by atoms with Crippen LogP contribution in [-0.4, -0.2) is 35.8 Å². The summed E-state index contributed by atoms with van der Waals surface area (Å²) >= 11 is 3.34. The predicted molar refractivity (Wildman–Crippen MR) is 90.5 cm³/mol. The number of nitrogens with two attached hydrogens (primary N) is 1. The lowest BCUT2D eigenvalue weighted by Gasteiger charge is -2.33. The van der Waals surface area contributed by atoms with Crippen molar-refractivity contribution in [1.82, 2.24) is 10.2 Å². The zero-order chi connectivity index (χ0) is 16.3. The smallest absolute Gasteiger partial charge is 0.255 e. The summed E-state index contributed by atoms with van der Waals surface area (Å²) in [6, 6.07) is 5.46. The Kier molecular flexibility index (Phi) is 5.45. The normalized spacial score (nSPS) is 15.9. The van der Waals surface area contributed by atoms with Crippen molar-refractivity contribution in [3.05, 3.63) is 28.2 Å². The molecular weight excluding hydrogens is 346 g/mol. The van der Waals surface area contributed by atoms with Crippen LogP contribution in [0.15, 0.2) is 22.7 Å². The van der Waals surface area contributed by atoms with Crippen LogP contribution in [0.2, 0.25) is 0 Å². The molecule has 1 aromatic carbocycles. The molecule has 1 aromatic rings. The minimum Gasteiger partial charge on any atom is -0.398 e. The number of hydrogen-bond donors (Lipinski definition) is 2. The zero-order valence-electron chi connectivity index (χ0n) is 12.9. The van der Waals surface area contributed by atoms with E-state index in [2.05, 4.69) is 21.2 Å². The second-order valence-corrected chi connectivity index (χ2v) is 6.88. The van der Waals surface area contributed by atoms with Crippen molar-refractivity contribution < 1.29 is 9.59 Å². The second-order valence-electron chi connectivity index (χ2n) is 5.96. The molecule has 5 nitrogen and oxygen atoms in total. The SMILES string of the molecule is CC(C)C(=O)NC1CCN(C(=O)c2ccc(Br)cc2N)CC1. The Morgan fingerprint density at radius 1 is 1.32 bits per heavy atom. The van der Waals surface area contributed by atoms with Gasteiger partial charge in [0.05, 0.1) is 5.56 Å². The molecule has 1 saturated heterocycles. The lowest BCUT2D eigenvalue weighted by Crippen LogP contribution is -2.47. The van der Waals surface area contributed by atoms with Crippen molar-refractivity contribution in [2.45, 2.75) is 32.7 Å². The highest BCUT2D eigenvalue weighted by Gasteiger charge is 2.25. The van der Waals surface area contributed by atoms with Gasteiger partial charge in [-0.05, 0) is 31.0 Å². The van der Waals surface area contributed by atoms with Crippen LogP contribution in [0, 0.1) is 5.92 Å². The molecule has 120 valence electrons. The van der Waals surface area contributed by atoms with E-state index in [1.807, 2.05) is 19.9 Å². The fourth-order valence-electron chi connectivity index (χ4n) is 2.49. The molecule has 1 fully saturated rings. The first-order valence-electron chi connectivity index (χ1n) is 7.53. The fraction of sp³-hybridized carbons (Fsp3) is 0.500. The molecule has 0 unspecified atom stereocenters. The van der Waals surface area contributed by atoms with Gasteiger partial charge < -0.3 is 16.0 Å². The number of amides is 2. The van der Waals surface area contributed by atoms with Gasteiger partial charge in [-0.3, -0.25) is 9.59 Å². The van der Waals surface area contributed by atoms with Crippen LogP contribution in [0.3, 0.4) is 0 Å². The van der Waals surface area contributed by atoms with E-state index >= 15 is 0 Å². The molecule has 0 saturated carbocycles. The van der Waals surface area contributed by atoms with Crippen molar-refractivity contribution in [2.24, 2.45) is 5.92 Å². The topological polar surface area (TPSA) is 75.4 Å². The fourth-order valence-corrected chi connectivity index (χ4v) is 2.87. The Balaban J connectivity index is 1.94. The van der Waals surface area contributed by atoms with E-state index in [0.29, 0.717) is 24.3 Å². The molecule has 0 atom stereocenters. The van der Waals surface area contributed by atoms with Crippen molar-refractivity contribution in [2.75, 3.05) is 18.8 Å². The molecule has 3 N–H and O–H groups in total. The third kappa shape index (κ3) is 4.00. The average molecular weight is 368 g/mol. The van der Waals surface area contributed by atoms with E-state index in [-0.39, 0.29) is 23.8 Å². The highest BCUT2D eigenvalue weighted by atomic mass is 79.9. The van der Waals surface area contributed by atoms with Crippen LogP contribution in [0.25, 0.3) is 0 Å². The van der Waals surface area contributed by atoms with Gasteiger partial charge in [0, 0.05) is 35.2 Å². The van der Waals surface area contributed by atoms with Gasteiger partial charge in [-0.1, -0.05) is 29.8 Å². The van der Waals surface area contributed by atoms with Crippen molar-refractivity contribution in [3.8, 4) is 0 Å². The van der Waals surface area contributed by atoms with E-state index in [0.717, 1.165) is 17.3 Å². The van der Waals surface area contributed by atoms with Crippen molar-refractivity contribution in [3.63, 3.8) is 0 Å². The number of carbonyl (C=O) groups excluding carboxylic acids is 2. The molecule has 2 rings (SSSR count). The molecule has 6 heteroatoms. The molecule has 1 aliphatic rings. The van der Waals surface area contributed by atoms with E-state index in [1.54, 1.807) is 17.0 Å². The Labute approximate surface area is 139 Å². The van der Waals surface area contributed by atoms with Gasteiger partial charge >= 0.3 is 0 Å². The largest absolute Gasteiger partial charge is 0.398 e. The van der Waals surface area contributed by atoms with Gasteiger partial charge in [0.25, 0.3) is 5.91 Å². The summed E-state index contributed by atoms with van der Waals surface area (Å²) in [5.74, 6) is 0.0165. The number of nitrogen functional groups attached to an aromatic ring is 1. The molecular formula is C16H22BrN3O2. The van der Waals surface area contributed by atoms with Gasteiger partial charge in [0.2, 0.25) is 5.91 Å². The molecule has 1 heterocycles. The van der Waals surface area contributed by atoms with Gasteiger partial charge in [0.15, 0.2) is 0 Å². The zero-order valence-corrected chi connectivity index (χ0v) is 14.5. The van der Waals surface area contributed by atoms with E-state index in [4.69, 9.17) is 5.73 Å². The minimum absolute atomic E-state index is 0.0118. The summed E-state index contributed by atoms with van der Waals surface area (Å²) in [6.07, 6.45) is 1.56. The number of nitrogens with zero attached hydrogens (tertiary/aromatic N) is 1. The Morgan fingerprint density at radius 3 is 2.50 bits per heavy atom. The monoisotopic (exact) mass is 367 g/mol. The highest BCUT2D eigenvalue weighted by molar-refractivity contribution is 9.10. The Bertz CT molecular complexity index is 567. The van der Waals surface area contributed by atoms with Gasteiger partial charge in [0.1, 0.15) is 0 Å². The Morgan fingerprint density at radius 2 is 1.95 bits per heavy atom. The number of likely N-dealkylation sites (tertiary alicyclic amines) is 1. The van der Waals surface area contributed by atoms with Crippen molar-refractivity contribution >= 4 is 33.4 Å². The number of piperidine rings is 1. The van der Waals surface area contributed by atoms with Crippen LogP contribution in [0.5, 0.6) is 0 Å². The summed E-state index contributed by atoms with van der Waals surface area (Å²) in [4.78, 5) is 26.0. The maximum Gasteiger partial charge on any atom is 0.255 e. The molecule has 0 spiro atoms. The number of carbonyl (C=O) groups is 2. The highest BCUT2D eigenvalue weighted by Crippen LogP contribution is 2.22. The molecule has 2 amide bonds. The molecule has 0 bridgehead atoms. The van der Waals surface area contributed by atoms with Gasteiger partial charge in [-0.15, -0.1) is 0 Å². The maximum atomic E-state index is 12.5. The van der Waals surface area contributed by atoms with Crippen LogP contribution in [0.1, 0.15) is 37.0 Å². The van der Waals surface area contributed by atoms with Crippen molar-refractivity contribution in [1.29, 1.82) is 0 Å². The first-order valence-corrected chi connectivity index (χ1v) is 8.32. The molecule has 0 aromatic heterocycles. The molecule has 0 aliphatic carbocycles. The predicted octanol–water partition coefficient (Wildman–Crippen LogP) is 2.41. The Hall–Kier alpha value is -1.56. The standard InChI is InChI=1S/C16H22BrN3O2/c1-10(2)15(21)19-12-5-7-20(8-6-12)16(22)13-4-3-11(17)9-14(13)18/h3-4,9-10,12H,5-8,18H2,1-2H3,(H,19,21). The van der Waals surface area contributed by atoms with E-state index < -0.39 is 0 Å². The summed E-state index contributed by atoms with van der Waals surface area (Å²) < 4.78 is 0.858. The van der Waals surface area contributed by atoms with E-state index in [9.17, 15) is 9.59 Å². The maximum absolute atomic E-state index is 12.5. The number of rotatable bonds is 3. The van der Waals surface area contributed by atoms with Gasteiger partial charge in [-0.2, -0.15) is 0 Å². The van der Waals surface area contributed by atoms with Crippen LogP contribution < -0.4 is 11.1 Å². The number of nitrogens with one attached hydrogen (secondary N) is 1. The first kappa shape index (κ1) is 16.8. The number of benzene rings is 1. The number of halogens is 1. The number of hydrogen-bond acceptors (Lipinski definition) is 3. The summed E-state index contributed by atoms with van der Waals surface area (Å²) in [5, 5.41) is 3.03. The van der Waals surface area contributed by atoms with Gasteiger partial charge in [-0.25, -0.2) is 0 Å².